The van der Waals surface area contributed by atoms with Crippen LogP contribution in [0.2, 0.25) is 0 Å². The fraction of sp³-hybridized carbons (Fsp3) is 0.286. The van der Waals surface area contributed by atoms with Gasteiger partial charge in [-0.05, 0) is 69.0 Å². The molecule has 1 aliphatic rings. The molecule has 0 spiro atoms. The Labute approximate surface area is 223 Å². The maximum absolute atomic E-state index is 13.9. The van der Waals surface area contributed by atoms with E-state index in [2.05, 4.69) is 4.98 Å². The van der Waals surface area contributed by atoms with Crippen molar-refractivity contribution in [2.75, 3.05) is 11.5 Å². The SMILES string of the molecule is CCCOc1cccc(C2C(C(=O)c3sc(C)nc3C)=C(O)C(=O)N2c2nc3c(C)cc(C)cc3s2)c1. The van der Waals surface area contributed by atoms with E-state index in [1.165, 1.54) is 27.6 Å². The van der Waals surface area contributed by atoms with Crippen LogP contribution in [-0.2, 0) is 4.79 Å². The molecule has 1 amide bonds. The van der Waals surface area contributed by atoms with Crippen LogP contribution >= 0.6 is 22.7 Å². The highest BCUT2D eigenvalue weighted by atomic mass is 32.1. The van der Waals surface area contributed by atoms with E-state index in [0.717, 1.165) is 32.8 Å². The van der Waals surface area contributed by atoms with Gasteiger partial charge in [0.25, 0.3) is 5.91 Å². The first-order chi connectivity index (χ1) is 17.7. The van der Waals surface area contributed by atoms with E-state index in [1.54, 1.807) is 6.92 Å². The molecule has 37 heavy (non-hydrogen) atoms. The number of hydrogen-bond donors (Lipinski definition) is 1. The predicted molar refractivity (Wildman–Crippen MR) is 147 cm³/mol. The zero-order valence-electron chi connectivity index (χ0n) is 21.3. The minimum atomic E-state index is -0.867. The summed E-state index contributed by atoms with van der Waals surface area (Å²) in [5.74, 6) is -0.993. The lowest BCUT2D eigenvalue weighted by Crippen LogP contribution is -2.31. The van der Waals surface area contributed by atoms with E-state index in [-0.39, 0.29) is 5.57 Å². The molecule has 0 saturated heterocycles. The van der Waals surface area contributed by atoms with Crippen molar-refractivity contribution < 1.29 is 19.4 Å². The Bertz CT molecular complexity index is 1580. The number of thiazole rings is 2. The van der Waals surface area contributed by atoms with Crippen LogP contribution in [0.15, 0.2) is 47.7 Å². The Kier molecular flexibility index (Phi) is 6.59. The predicted octanol–water partition coefficient (Wildman–Crippen LogP) is 6.56. The maximum Gasteiger partial charge on any atom is 0.296 e. The molecule has 1 atom stereocenters. The highest BCUT2D eigenvalue weighted by Crippen LogP contribution is 2.45. The lowest BCUT2D eigenvalue weighted by Gasteiger charge is -2.24. The highest BCUT2D eigenvalue weighted by Gasteiger charge is 2.46. The molecule has 2 aromatic heterocycles. The van der Waals surface area contributed by atoms with Gasteiger partial charge >= 0.3 is 0 Å². The normalized spacial score (nSPS) is 15.8. The largest absolute Gasteiger partial charge is 0.503 e. The van der Waals surface area contributed by atoms with Crippen LogP contribution in [0.25, 0.3) is 10.2 Å². The third kappa shape index (κ3) is 4.42. The number of aryl methyl sites for hydroxylation is 4. The molecule has 9 heteroatoms. The van der Waals surface area contributed by atoms with Gasteiger partial charge in [0.15, 0.2) is 10.9 Å². The van der Waals surface area contributed by atoms with Crippen molar-refractivity contribution in [3.63, 3.8) is 0 Å². The van der Waals surface area contributed by atoms with Gasteiger partial charge in [-0.15, -0.1) is 11.3 Å². The lowest BCUT2D eigenvalue weighted by atomic mass is 9.95. The summed E-state index contributed by atoms with van der Waals surface area (Å²) in [7, 11) is 0. The van der Waals surface area contributed by atoms with E-state index in [4.69, 9.17) is 9.72 Å². The van der Waals surface area contributed by atoms with Gasteiger partial charge in [0.05, 0.1) is 44.0 Å². The van der Waals surface area contributed by atoms with Gasteiger partial charge in [-0.25, -0.2) is 9.97 Å². The third-order valence-electron chi connectivity index (χ3n) is 6.23. The molecule has 5 rings (SSSR count). The fourth-order valence-electron chi connectivity index (χ4n) is 4.67. The number of ether oxygens (including phenoxy) is 1. The topological polar surface area (TPSA) is 92.6 Å². The molecule has 7 nitrogen and oxygen atoms in total. The maximum atomic E-state index is 13.9. The summed E-state index contributed by atoms with van der Waals surface area (Å²) in [4.78, 5) is 38.5. The second kappa shape index (κ2) is 9.72. The first-order valence-corrected chi connectivity index (χ1v) is 13.7. The minimum Gasteiger partial charge on any atom is -0.503 e. The summed E-state index contributed by atoms with van der Waals surface area (Å²) in [5, 5.41) is 12.3. The van der Waals surface area contributed by atoms with Crippen molar-refractivity contribution in [3.8, 4) is 5.75 Å². The molecule has 0 bridgehead atoms. The average molecular weight is 534 g/mol. The standard InChI is InChI=1S/C28H27N3O4S2/c1-6-10-35-19-9-7-8-18(13-19)23-21(24(32)26-16(4)29-17(5)36-26)25(33)27(34)31(23)28-30-22-15(3)11-14(2)12-20(22)37-28/h7-9,11-13,23,33H,6,10H2,1-5H3. The number of aromatic nitrogens is 2. The number of rotatable bonds is 7. The lowest BCUT2D eigenvalue weighted by molar-refractivity contribution is -0.117. The van der Waals surface area contributed by atoms with Gasteiger partial charge < -0.3 is 9.84 Å². The summed E-state index contributed by atoms with van der Waals surface area (Å²) in [6.07, 6.45) is 0.844. The highest BCUT2D eigenvalue weighted by molar-refractivity contribution is 7.22. The molecule has 0 aliphatic carbocycles. The van der Waals surface area contributed by atoms with Crippen molar-refractivity contribution in [1.82, 2.24) is 9.97 Å². The van der Waals surface area contributed by atoms with Gasteiger partial charge in [-0.3, -0.25) is 14.5 Å². The van der Waals surface area contributed by atoms with Gasteiger partial charge in [-0.1, -0.05) is 36.5 Å². The van der Waals surface area contributed by atoms with Crippen molar-refractivity contribution in [2.45, 2.75) is 47.1 Å². The van der Waals surface area contributed by atoms with E-state index in [9.17, 15) is 14.7 Å². The Morgan fingerprint density at radius 3 is 2.59 bits per heavy atom. The van der Waals surface area contributed by atoms with Crippen LogP contribution in [0.4, 0.5) is 5.13 Å². The molecule has 0 radical (unpaired) electrons. The van der Waals surface area contributed by atoms with E-state index < -0.39 is 23.5 Å². The molecular formula is C28H27N3O4S2. The van der Waals surface area contributed by atoms with Crippen LogP contribution in [0.5, 0.6) is 5.75 Å². The summed E-state index contributed by atoms with van der Waals surface area (Å²) in [6.45, 7) is 10.1. The first kappa shape index (κ1) is 25.1. The number of carbonyl (C=O) groups is 2. The Morgan fingerprint density at radius 1 is 1.11 bits per heavy atom. The second-order valence-electron chi connectivity index (χ2n) is 9.16. The average Bonchev–Trinajstić information content (AvgIpc) is 3.51. The number of anilines is 1. The number of Topliss-reactive ketones (excluding diaryl/α,β-unsaturated/α-hetero) is 1. The zero-order chi connectivity index (χ0) is 26.4. The van der Waals surface area contributed by atoms with Crippen molar-refractivity contribution in [2.24, 2.45) is 0 Å². The molecule has 1 unspecified atom stereocenters. The fourth-order valence-corrected chi connectivity index (χ4v) is 6.71. The van der Waals surface area contributed by atoms with Crippen LogP contribution in [0.1, 0.15) is 56.4 Å². The third-order valence-corrected chi connectivity index (χ3v) is 8.31. The van der Waals surface area contributed by atoms with Crippen LogP contribution in [-0.4, -0.2) is 33.4 Å². The Morgan fingerprint density at radius 2 is 1.89 bits per heavy atom. The zero-order valence-corrected chi connectivity index (χ0v) is 22.9. The second-order valence-corrected chi connectivity index (χ2v) is 11.4. The molecule has 4 aromatic rings. The molecule has 0 fully saturated rings. The van der Waals surface area contributed by atoms with Crippen molar-refractivity contribution in [3.05, 3.63) is 80.0 Å². The number of amides is 1. The van der Waals surface area contributed by atoms with Gasteiger partial charge in [0.2, 0.25) is 5.78 Å². The minimum absolute atomic E-state index is 0.0246. The quantitative estimate of drug-likeness (QED) is 0.271. The first-order valence-electron chi connectivity index (χ1n) is 12.1. The van der Waals surface area contributed by atoms with Crippen molar-refractivity contribution in [1.29, 1.82) is 0 Å². The molecule has 1 N–H and O–H groups in total. The molecular weight excluding hydrogens is 506 g/mol. The summed E-state index contributed by atoms with van der Waals surface area (Å²) < 4.78 is 6.78. The smallest absolute Gasteiger partial charge is 0.296 e. The Hall–Kier alpha value is -3.56. The van der Waals surface area contributed by atoms with E-state index in [1.807, 2.05) is 64.1 Å². The van der Waals surface area contributed by atoms with E-state index in [0.29, 0.717) is 33.6 Å². The van der Waals surface area contributed by atoms with Crippen molar-refractivity contribution >= 4 is 49.7 Å². The number of benzene rings is 2. The van der Waals surface area contributed by atoms with E-state index >= 15 is 0 Å². The van der Waals surface area contributed by atoms with Crippen LogP contribution in [0, 0.1) is 27.7 Å². The molecule has 2 aromatic carbocycles. The van der Waals surface area contributed by atoms with Crippen LogP contribution < -0.4 is 9.64 Å². The van der Waals surface area contributed by atoms with Gasteiger partial charge in [0, 0.05) is 0 Å². The molecule has 0 saturated carbocycles. The monoisotopic (exact) mass is 533 g/mol. The van der Waals surface area contributed by atoms with Gasteiger partial charge in [-0.2, -0.15) is 0 Å². The van der Waals surface area contributed by atoms with Gasteiger partial charge in [0.1, 0.15) is 5.75 Å². The number of aliphatic hydroxyl groups excluding tert-OH is 1. The number of fused-ring (bicyclic) bond motifs is 1. The number of aliphatic hydroxyl groups is 1. The molecule has 190 valence electrons. The molecule has 3 heterocycles. The Balaban J connectivity index is 1.69. The number of ketones is 1. The summed E-state index contributed by atoms with van der Waals surface area (Å²) in [6, 6.07) is 10.5. The number of hydrogen-bond acceptors (Lipinski definition) is 8. The number of carbonyl (C=O) groups excluding carboxylic acids is 2. The number of nitrogens with zero attached hydrogens (tertiary/aromatic N) is 3. The summed E-state index contributed by atoms with van der Waals surface area (Å²) in [5.41, 5.74) is 4.14. The van der Waals surface area contributed by atoms with Crippen LogP contribution in [0.3, 0.4) is 0 Å². The summed E-state index contributed by atoms with van der Waals surface area (Å²) >= 11 is 2.62. The molecule has 1 aliphatic heterocycles.